The minimum absolute atomic E-state index is 0.0490. The lowest BCUT2D eigenvalue weighted by atomic mass is 9.84. The molecule has 0 saturated carbocycles. The van der Waals surface area contributed by atoms with E-state index >= 15 is 0 Å². The number of halogens is 1. The number of carbonyl (C=O) groups excluding carboxylic acids is 1. The van der Waals surface area contributed by atoms with Gasteiger partial charge in [0.25, 0.3) is 5.91 Å². The van der Waals surface area contributed by atoms with E-state index in [0.717, 1.165) is 22.0 Å². The van der Waals surface area contributed by atoms with Crippen molar-refractivity contribution in [3.8, 4) is 0 Å². The molecule has 0 spiro atoms. The van der Waals surface area contributed by atoms with Gasteiger partial charge >= 0.3 is 0 Å². The average molecular weight is 503 g/mol. The van der Waals surface area contributed by atoms with E-state index in [4.69, 9.17) is 0 Å². The van der Waals surface area contributed by atoms with Crippen molar-refractivity contribution in [3.63, 3.8) is 0 Å². The lowest BCUT2D eigenvalue weighted by Gasteiger charge is -2.26. The van der Waals surface area contributed by atoms with Crippen LogP contribution in [-0.2, 0) is 10.0 Å². The van der Waals surface area contributed by atoms with Crippen molar-refractivity contribution in [2.75, 3.05) is 6.54 Å². The van der Waals surface area contributed by atoms with Crippen LogP contribution in [-0.4, -0.2) is 36.9 Å². The molecule has 0 radical (unpaired) electrons. The molecular formula is C27H23FN4O3S. The lowest BCUT2D eigenvalue weighted by molar-refractivity contribution is 0.0950. The van der Waals surface area contributed by atoms with Crippen molar-refractivity contribution >= 4 is 37.7 Å². The maximum absolute atomic E-state index is 14.3. The highest BCUT2D eigenvalue weighted by Gasteiger charge is 2.38. The number of aromatic amines is 2. The molecule has 0 fully saturated rings. The molecule has 2 atom stereocenters. The van der Waals surface area contributed by atoms with Crippen LogP contribution in [0.25, 0.3) is 21.8 Å². The normalized spacial score (nSPS) is 18.2. The number of sulfonamides is 1. The van der Waals surface area contributed by atoms with Crippen LogP contribution in [0.4, 0.5) is 4.39 Å². The summed E-state index contributed by atoms with van der Waals surface area (Å²) in [6, 6.07) is 17.8. The number of aryl methyl sites for hydroxylation is 1. The van der Waals surface area contributed by atoms with E-state index in [9.17, 15) is 17.6 Å². The molecule has 182 valence electrons. The van der Waals surface area contributed by atoms with Gasteiger partial charge in [0.1, 0.15) is 11.5 Å². The number of aromatic nitrogens is 2. The van der Waals surface area contributed by atoms with Gasteiger partial charge in [-0.15, -0.1) is 0 Å². The Kier molecular flexibility index (Phi) is 5.20. The molecule has 0 bridgehead atoms. The third kappa shape index (κ3) is 3.68. The maximum atomic E-state index is 14.3. The summed E-state index contributed by atoms with van der Waals surface area (Å²) in [6.07, 6.45) is 1.77. The van der Waals surface area contributed by atoms with Crippen molar-refractivity contribution in [3.05, 3.63) is 101 Å². The lowest BCUT2D eigenvalue weighted by Crippen LogP contribution is -2.45. The molecule has 1 amide bonds. The van der Waals surface area contributed by atoms with Crippen LogP contribution in [0.1, 0.15) is 33.1 Å². The monoisotopic (exact) mass is 502 g/mol. The summed E-state index contributed by atoms with van der Waals surface area (Å²) in [5.41, 5.74) is 4.15. The summed E-state index contributed by atoms with van der Waals surface area (Å²) in [6.45, 7) is 1.93. The highest BCUT2D eigenvalue weighted by molar-refractivity contribution is 7.89. The number of para-hydroxylation sites is 1. The van der Waals surface area contributed by atoms with Crippen LogP contribution < -0.4 is 10.0 Å². The Morgan fingerprint density at radius 2 is 1.75 bits per heavy atom. The van der Waals surface area contributed by atoms with Crippen molar-refractivity contribution in [2.45, 2.75) is 23.8 Å². The summed E-state index contributed by atoms with van der Waals surface area (Å²) in [4.78, 5) is 19.7. The van der Waals surface area contributed by atoms with Gasteiger partial charge in [0.2, 0.25) is 10.0 Å². The van der Waals surface area contributed by atoms with Gasteiger partial charge in [0.05, 0.1) is 10.9 Å². The molecule has 6 rings (SSSR count). The second kappa shape index (κ2) is 8.32. The molecule has 9 heteroatoms. The van der Waals surface area contributed by atoms with Crippen molar-refractivity contribution in [1.82, 2.24) is 20.0 Å². The molecule has 3 heterocycles. The van der Waals surface area contributed by atoms with Crippen LogP contribution in [0.15, 0.2) is 77.8 Å². The zero-order valence-corrected chi connectivity index (χ0v) is 20.1. The zero-order valence-electron chi connectivity index (χ0n) is 19.3. The first-order valence-corrected chi connectivity index (χ1v) is 13.0. The Balaban J connectivity index is 1.57. The third-order valence-corrected chi connectivity index (χ3v) is 8.32. The van der Waals surface area contributed by atoms with Crippen molar-refractivity contribution in [1.29, 1.82) is 0 Å². The number of carbonyl (C=O) groups is 1. The quantitative estimate of drug-likeness (QED) is 0.294. The molecule has 5 aromatic rings. The Morgan fingerprint density at radius 3 is 2.56 bits per heavy atom. The summed E-state index contributed by atoms with van der Waals surface area (Å²) in [5, 5.41) is 4.30. The molecule has 0 saturated heterocycles. The first kappa shape index (κ1) is 22.5. The predicted molar refractivity (Wildman–Crippen MR) is 136 cm³/mol. The average Bonchev–Trinajstić information content (AvgIpc) is 3.41. The molecule has 0 unspecified atom stereocenters. The number of benzene rings is 3. The Hall–Kier alpha value is -3.95. The number of rotatable bonds is 4. The number of fused-ring (bicyclic) bond motifs is 4. The third-order valence-electron chi connectivity index (χ3n) is 6.82. The predicted octanol–water partition coefficient (Wildman–Crippen LogP) is 4.32. The molecule has 3 aromatic carbocycles. The summed E-state index contributed by atoms with van der Waals surface area (Å²) in [5.74, 6) is -1.32. The second-order valence-electron chi connectivity index (χ2n) is 9.12. The van der Waals surface area contributed by atoms with Gasteiger partial charge < -0.3 is 15.3 Å². The zero-order chi connectivity index (χ0) is 25.0. The van der Waals surface area contributed by atoms with E-state index in [2.05, 4.69) is 20.0 Å². The highest BCUT2D eigenvalue weighted by Crippen LogP contribution is 2.40. The standard InChI is InChI=1S/C27H23FN4O3S/c1-15-6-9-17(10-7-15)36(34,35)32-23-14-30-27(33)26-25(18-4-2-3-5-22(18)31-26)24(23)20-13-29-21-11-8-16(28)12-19(20)21/h2-13,23-24,29,31-32H,14H2,1H3,(H,30,33)/t23-,24+/m1/s1. The molecule has 1 aliphatic heterocycles. The fraction of sp³-hybridized carbons (Fsp3) is 0.148. The van der Waals surface area contributed by atoms with Gasteiger partial charge in [0, 0.05) is 40.5 Å². The first-order valence-electron chi connectivity index (χ1n) is 11.6. The summed E-state index contributed by atoms with van der Waals surface area (Å²) >= 11 is 0. The summed E-state index contributed by atoms with van der Waals surface area (Å²) < 4.78 is 44.1. The minimum Gasteiger partial charge on any atom is -0.361 e. The van der Waals surface area contributed by atoms with Gasteiger partial charge in [-0.1, -0.05) is 35.9 Å². The Morgan fingerprint density at radius 1 is 0.972 bits per heavy atom. The van der Waals surface area contributed by atoms with E-state index in [1.54, 1.807) is 36.5 Å². The number of hydrogen-bond acceptors (Lipinski definition) is 3. The van der Waals surface area contributed by atoms with E-state index in [1.807, 2.05) is 31.2 Å². The number of nitrogens with one attached hydrogen (secondary N) is 4. The van der Waals surface area contributed by atoms with Crippen molar-refractivity contribution in [2.24, 2.45) is 0 Å². The number of hydrogen-bond donors (Lipinski definition) is 4. The molecule has 1 aliphatic rings. The van der Waals surface area contributed by atoms with Crippen LogP contribution in [0.2, 0.25) is 0 Å². The smallest absolute Gasteiger partial charge is 0.268 e. The van der Waals surface area contributed by atoms with Gasteiger partial charge in [-0.2, -0.15) is 0 Å². The highest BCUT2D eigenvalue weighted by atomic mass is 32.2. The van der Waals surface area contributed by atoms with Gasteiger partial charge in [-0.3, -0.25) is 4.79 Å². The molecule has 7 nitrogen and oxygen atoms in total. The van der Waals surface area contributed by atoms with Gasteiger partial charge in [-0.25, -0.2) is 17.5 Å². The fourth-order valence-electron chi connectivity index (χ4n) is 5.11. The topological polar surface area (TPSA) is 107 Å². The van der Waals surface area contributed by atoms with Crippen LogP contribution >= 0.6 is 0 Å². The van der Waals surface area contributed by atoms with Crippen molar-refractivity contribution < 1.29 is 17.6 Å². The SMILES string of the molecule is Cc1ccc(S(=O)(=O)N[C@@H]2CNC(=O)c3[nH]c4ccccc4c3[C@H]2c2c[nH]c3ccc(F)cc23)cc1. The number of amides is 1. The molecular weight excluding hydrogens is 479 g/mol. The van der Waals surface area contributed by atoms with Crippen LogP contribution in [0, 0.1) is 12.7 Å². The minimum atomic E-state index is -3.93. The second-order valence-corrected chi connectivity index (χ2v) is 10.8. The largest absolute Gasteiger partial charge is 0.361 e. The van der Waals surface area contributed by atoms with E-state index in [-0.39, 0.29) is 17.3 Å². The van der Waals surface area contributed by atoms with E-state index < -0.39 is 27.8 Å². The van der Waals surface area contributed by atoms with Crippen LogP contribution in [0.3, 0.4) is 0 Å². The molecule has 36 heavy (non-hydrogen) atoms. The number of H-pyrrole nitrogens is 2. The first-order chi connectivity index (χ1) is 17.3. The molecule has 0 aliphatic carbocycles. The van der Waals surface area contributed by atoms with Gasteiger partial charge in [0.15, 0.2) is 0 Å². The molecule has 4 N–H and O–H groups in total. The van der Waals surface area contributed by atoms with E-state index in [1.165, 1.54) is 12.1 Å². The van der Waals surface area contributed by atoms with E-state index in [0.29, 0.717) is 22.2 Å². The van der Waals surface area contributed by atoms with Crippen LogP contribution in [0.5, 0.6) is 0 Å². The van der Waals surface area contributed by atoms with Gasteiger partial charge in [-0.05, 0) is 54.4 Å². The summed E-state index contributed by atoms with van der Waals surface area (Å²) in [7, 11) is -3.93. The fourth-order valence-corrected chi connectivity index (χ4v) is 6.36. The maximum Gasteiger partial charge on any atom is 0.268 e. The Bertz CT molecular complexity index is 1740. The molecule has 2 aromatic heterocycles. The Labute approximate surface area is 206 Å².